The fourth-order valence-electron chi connectivity index (χ4n) is 4.36. The summed E-state index contributed by atoms with van der Waals surface area (Å²) in [5.74, 6) is 1.65. The average molecular weight is 409 g/mol. The van der Waals surface area contributed by atoms with E-state index in [1.54, 1.807) is 0 Å². The average Bonchev–Trinajstić information content (AvgIpc) is 2.77. The molecule has 1 amide bonds. The summed E-state index contributed by atoms with van der Waals surface area (Å²) in [6.07, 6.45) is 4.90. The standard InChI is InChI=1S/C25H32N2O3/c1-3-4-17-29-20-11-9-19(10-12-20)24(28)26-22-18-25(13-15-27(2)16-14-25)30-23-8-6-5-7-21(22)23/h5-12,22H,3-4,13-18H2,1-2H3,(H,26,28)/t22-/m0/s1. The van der Waals surface area contributed by atoms with E-state index >= 15 is 0 Å². The summed E-state index contributed by atoms with van der Waals surface area (Å²) < 4.78 is 12.2. The first kappa shape index (κ1) is 20.7. The van der Waals surface area contributed by atoms with Crippen molar-refractivity contribution >= 4 is 5.91 Å². The number of para-hydroxylation sites is 1. The maximum atomic E-state index is 13.0. The Morgan fingerprint density at radius 2 is 1.90 bits per heavy atom. The smallest absolute Gasteiger partial charge is 0.251 e. The van der Waals surface area contributed by atoms with Gasteiger partial charge in [0.2, 0.25) is 0 Å². The molecule has 1 saturated heterocycles. The van der Waals surface area contributed by atoms with Crippen molar-refractivity contribution in [1.29, 1.82) is 0 Å². The summed E-state index contributed by atoms with van der Waals surface area (Å²) in [5, 5.41) is 3.27. The number of hydrogen-bond donors (Lipinski definition) is 1. The molecule has 1 N–H and O–H groups in total. The monoisotopic (exact) mass is 408 g/mol. The van der Waals surface area contributed by atoms with Crippen molar-refractivity contribution < 1.29 is 14.3 Å². The Kier molecular flexibility index (Phi) is 6.28. The molecular formula is C25H32N2O3. The fraction of sp³-hybridized carbons (Fsp3) is 0.480. The van der Waals surface area contributed by atoms with Crippen molar-refractivity contribution in [3.8, 4) is 11.5 Å². The Morgan fingerprint density at radius 1 is 1.17 bits per heavy atom. The van der Waals surface area contributed by atoms with E-state index in [9.17, 15) is 4.79 Å². The Labute approximate surface area is 179 Å². The van der Waals surface area contributed by atoms with Gasteiger partial charge in [-0.25, -0.2) is 0 Å². The molecule has 0 radical (unpaired) electrons. The summed E-state index contributed by atoms with van der Waals surface area (Å²) in [5.41, 5.74) is 1.52. The molecule has 0 bridgehead atoms. The SMILES string of the molecule is CCCCOc1ccc(C(=O)N[C@H]2CC3(CCN(C)CC3)Oc3ccccc32)cc1. The van der Waals surface area contributed by atoms with Gasteiger partial charge in [0, 0.05) is 30.6 Å². The van der Waals surface area contributed by atoms with E-state index in [0.29, 0.717) is 12.2 Å². The third-order valence-corrected chi connectivity index (χ3v) is 6.28. The van der Waals surface area contributed by atoms with Gasteiger partial charge >= 0.3 is 0 Å². The number of amides is 1. The normalized spacial score (nSPS) is 20.3. The number of carbonyl (C=O) groups is 1. The Bertz CT molecular complexity index is 857. The molecule has 2 aliphatic rings. The summed E-state index contributed by atoms with van der Waals surface area (Å²) in [6, 6.07) is 15.5. The van der Waals surface area contributed by atoms with Crippen LogP contribution in [0.1, 0.15) is 61.0 Å². The van der Waals surface area contributed by atoms with Crippen molar-refractivity contribution in [3.63, 3.8) is 0 Å². The van der Waals surface area contributed by atoms with Crippen LogP contribution in [0.5, 0.6) is 11.5 Å². The van der Waals surface area contributed by atoms with Gasteiger partial charge in [0.25, 0.3) is 5.91 Å². The molecule has 0 aliphatic carbocycles. The number of unbranched alkanes of at least 4 members (excludes halogenated alkanes) is 1. The highest BCUT2D eigenvalue weighted by Crippen LogP contribution is 2.44. The molecular weight excluding hydrogens is 376 g/mol. The summed E-state index contributed by atoms with van der Waals surface area (Å²) in [7, 11) is 2.15. The number of carbonyl (C=O) groups excluding carboxylic acids is 1. The largest absolute Gasteiger partial charge is 0.494 e. The summed E-state index contributed by atoms with van der Waals surface area (Å²) >= 11 is 0. The third kappa shape index (κ3) is 4.62. The lowest BCUT2D eigenvalue weighted by atomic mass is 9.80. The molecule has 5 heteroatoms. The zero-order valence-electron chi connectivity index (χ0n) is 18.0. The number of rotatable bonds is 6. The van der Waals surface area contributed by atoms with Gasteiger partial charge in [-0.1, -0.05) is 31.5 Å². The molecule has 30 heavy (non-hydrogen) atoms. The molecule has 160 valence electrons. The zero-order valence-corrected chi connectivity index (χ0v) is 18.0. The Balaban J connectivity index is 1.48. The van der Waals surface area contributed by atoms with Gasteiger partial charge in [-0.05, 0) is 56.6 Å². The van der Waals surface area contributed by atoms with Crippen LogP contribution in [0, 0.1) is 0 Å². The predicted molar refractivity (Wildman–Crippen MR) is 118 cm³/mol. The van der Waals surface area contributed by atoms with Crippen LogP contribution in [0.2, 0.25) is 0 Å². The van der Waals surface area contributed by atoms with Crippen LogP contribution >= 0.6 is 0 Å². The van der Waals surface area contributed by atoms with E-state index in [-0.39, 0.29) is 17.6 Å². The molecule has 2 aliphatic heterocycles. The Morgan fingerprint density at radius 3 is 2.63 bits per heavy atom. The van der Waals surface area contributed by atoms with Gasteiger partial charge in [0.1, 0.15) is 17.1 Å². The summed E-state index contributed by atoms with van der Waals surface area (Å²) in [6.45, 7) is 4.88. The molecule has 1 spiro atoms. The highest BCUT2D eigenvalue weighted by atomic mass is 16.5. The van der Waals surface area contributed by atoms with Crippen LogP contribution < -0.4 is 14.8 Å². The Hall–Kier alpha value is -2.53. The van der Waals surface area contributed by atoms with Crippen LogP contribution in [0.3, 0.4) is 0 Å². The number of fused-ring (bicyclic) bond motifs is 1. The number of hydrogen-bond acceptors (Lipinski definition) is 4. The molecule has 2 aromatic rings. The molecule has 0 unspecified atom stereocenters. The van der Waals surface area contributed by atoms with E-state index in [4.69, 9.17) is 9.47 Å². The quantitative estimate of drug-likeness (QED) is 0.711. The number of nitrogens with zero attached hydrogens (tertiary/aromatic N) is 1. The van der Waals surface area contributed by atoms with Crippen molar-refractivity contribution in [2.75, 3.05) is 26.7 Å². The molecule has 1 atom stereocenters. The van der Waals surface area contributed by atoms with Crippen LogP contribution in [0.4, 0.5) is 0 Å². The molecule has 0 saturated carbocycles. The van der Waals surface area contributed by atoms with Crippen LogP contribution in [0.25, 0.3) is 0 Å². The summed E-state index contributed by atoms with van der Waals surface area (Å²) in [4.78, 5) is 15.4. The first-order valence-corrected chi connectivity index (χ1v) is 11.1. The second-order valence-corrected chi connectivity index (χ2v) is 8.58. The van der Waals surface area contributed by atoms with Gasteiger partial charge in [-0.15, -0.1) is 0 Å². The van der Waals surface area contributed by atoms with Crippen molar-refractivity contribution in [2.24, 2.45) is 0 Å². The molecule has 5 nitrogen and oxygen atoms in total. The molecule has 4 rings (SSSR count). The zero-order chi connectivity index (χ0) is 21.0. The molecule has 2 aromatic carbocycles. The predicted octanol–water partition coefficient (Wildman–Crippen LogP) is 4.58. The lowest BCUT2D eigenvalue weighted by Crippen LogP contribution is -2.51. The number of ether oxygens (including phenoxy) is 2. The third-order valence-electron chi connectivity index (χ3n) is 6.28. The van der Waals surface area contributed by atoms with Gasteiger partial charge < -0.3 is 19.7 Å². The second-order valence-electron chi connectivity index (χ2n) is 8.58. The molecule has 1 fully saturated rings. The minimum Gasteiger partial charge on any atom is -0.494 e. The first-order chi connectivity index (χ1) is 14.6. The molecule has 2 heterocycles. The van der Waals surface area contributed by atoms with Gasteiger partial charge in [-0.2, -0.15) is 0 Å². The number of piperidine rings is 1. The lowest BCUT2D eigenvalue weighted by molar-refractivity contribution is -0.0195. The minimum atomic E-state index is -0.199. The highest BCUT2D eigenvalue weighted by Gasteiger charge is 2.43. The van der Waals surface area contributed by atoms with Crippen molar-refractivity contribution in [1.82, 2.24) is 10.2 Å². The van der Waals surface area contributed by atoms with Gasteiger partial charge in [0.05, 0.1) is 12.6 Å². The van der Waals surface area contributed by atoms with Gasteiger partial charge in [-0.3, -0.25) is 4.79 Å². The van der Waals surface area contributed by atoms with Crippen LogP contribution in [0.15, 0.2) is 48.5 Å². The topological polar surface area (TPSA) is 50.8 Å². The maximum Gasteiger partial charge on any atom is 0.251 e. The van der Waals surface area contributed by atoms with E-state index in [0.717, 1.165) is 62.3 Å². The lowest BCUT2D eigenvalue weighted by Gasteiger charge is -2.46. The maximum absolute atomic E-state index is 13.0. The van der Waals surface area contributed by atoms with E-state index in [1.165, 1.54) is 0 Å². The van der Waals surface area contributed by atoms with Crippen molar-refractivity contribution in [3.05, 3.63) is 59.7 Å². The van der Waals surface area contributed by atoms with Crippen LogP contribution in [-0.4, -0.2) is 43.2 Å². The second kappa shape index (κ2) is 9.09. The van der Waals surface area contributed by atoms with Gasteiger partial charge in [0.15, 0.2) is 0 Å². The van der Waals surface area contributed by atoms with Crippen molar-refractivity contribution in [2.45, 2.75) is 50.7 Å². The number of benzene rings is 2. The van der Waals surface area contributed by atoms with E-state index in [1.807, 2.05) is 42.5 Å². The minimum absolute atomic E-state index is 0.0497. The number of nitrogens with one attached hydrogen (secondary N) is 1. The first-order valence-electron chi connectivity index (χ1n) is 11.1. The molecule has 0 aromatic heterocycles. The van der Waals surface area contributed by atoms with E-state index < -0.39 is 0 Å². The number of likely N-dealkylation sites (tertiary alicyclic amines) is 1. The highest BCUT2D eigenvalue weighted by molar-refractivity contribution is 5.94. The van der Waals surface area contributed by atoms with Crippen LogP contribution in [-0.2, 0) is 0 Å². The fourth-order valence-corrected chi connectivity index (χ4v) is 4.36. The van der Waals surface area contributed by atoms with E-state index in [2.05, 4.69) is 30.3 Å².